The number of H-pyrrole nitrogens is 1. The van der Waals surface area contributed by atoms with E-state index >= 15 is 0 Å². The average Bonchev–Trinajstić information content (AvgIpc) is 2.46. The van der Waals surface area contributed by atoms with E-state index in [0.717, 1.165) is 0 Å². The highest BCUT2D eigenvalue weighted by atomic mass is 19.1. The predicted octanol–water partition coefficient (Wildman–Crippen LogP) is 2.12. The van der Waals surface area contributed by atoms with Crippen LogP contribution in [0.1, 0.15) is 11.7 Å². The molecule has 2 aromatic rings. The molecule has 1 N–H and O–H groups in total. The molecule has 12 heavy (non-hydrogen) atoms. The third kappa shape index (κ3) is 0.906. The number of nitrogens with one attached hydrogen (secondary N) is 1. The molecule has 0 aliphatic carbocycles. The fourth-order valence-electron chi connectivity index (χ4n) is 1.18. The van der Waals surface area contributed by atoms with Crippen molar-refractivity contribution in [3.63, 3.8) is 0 Å². The summed E-state index contributed by atoms with van der Waals surface area (Å²) >= 11 is 0. The zero-order valence-electron chi connectivity index (χ0n) is 7.10. The van der Waals surface area contributed by atoms with E-state index in [9.17, 15) is 9.18 Å². The Bertz CT molecular complexity index is 477. The van der Waals surface area contributed by atoms with Crippen LogP contribution >= 0.6 is 0 Å². The van der Waals surface area contributed by atoms with Crippen LogP contribution in [-0.4, -0.2) is 11.2 Å². The first-order valence-corrected chi connectivity index (χ1v) is 3.46. The van der Waals surface area contributed by atoms with Crippen molar-refractivity contribution < 1.29 is 10.6 Å². The Kier molecular flexibility index (Phi) is 1.21. The van der Waals surface area contributed by atoms with Gasteiger partial charge in [0.05, 0.1) is 0 Å². The maximum absolute atomic E-state index is 12.8. The number of hydrogen-bond donors (Lipinski definition) is 1. The van der Waals surface area contributed by atoms with Crippen molar-refractivity contribution in [3.05, 3.63) is 35.8 Å². The fourth-order valence-corrected chi connectivity index (χ4v) is 1.18. The van der Waals surface area contributed by atoms with Crippen LogP contribution in [0.2, 0.25) is 0 Å². The molecule has 2 rings (SSSR count). The summed E-state index contributed by atoms with van der Waals surface area (Å²) in [7, 11) is 0. The van der Waals surface area contributed by atoms with Crippen molar-refractivity contribution in [2.45, 2.75) is 0 Å². The number of fused-ring (bicyclic) bond motifs is 1. The first kappa shape index (κ1) is 5.94. The molecule has 1 aromatic heterocycles. The molecule has 60 valence electrons. The lowest BCUT2D eigenvalue weighted by Crippen LogP contribution is -1.76. The van der Waals surface area contributed by atoms with Crippen molar-refractivity contribution >= 4 is 17.2 Å². The summed E-state index contributed by atoms with van der Waals surface area (Å²) in [5.41, 5.74) is 0.867. The summed E-state index contributed by atoms with van der Waals surface area (Å²) in [4.78, 5) is 13.5. The molecule has 0 saturated carbocycles. The largest absolute Gasteiger partial charge is 0.360 e. The van der Waals surface area contributed by atoms with Crippen molar-refractivity contribution in [2.24, 2.45) is 0 Å². The molecule has 3 heteroatoms. The van der Waals surface area contributed by atoms with Crippen LogP contribution in [0.15, 0.2) is 24.4 Å². The van der Waals surface area contributed by atoms with E-state index in [1.54, 1.807) is 0 Å². The Balaban J connectivity index is 2.79. The molecule has 0 aliphatic heterocycles. The Morgan fingerprint density at radius 1 is 1.58 bits per heavy atom. The minimum absolute atomic E-state index is 0.203. The summed E-state index contributed by atoms with van der Waals surface area (Å²) in [6.07, 6.45) is 0.608. The Morgan fingerprint density at radius 3 is 3.17 bits per heavy atom. The third-order valence-corrected chi connectivity index (χ3v) is 1.75. The SMILES string of the molecule is [2H]C(=O)c1c[nH]c2ccc(F)cc12. The van der Waals surface area contributed by atoms with Crippen molar-refractivity contribution in [1.29, 1.82) is 0 Å². The van der Waals surface area contributed by atoms with Gasteiger partial charge >= 0.3 is 0 Å². The first-order chi connectivity index (χ1) is 6.18. The molecular weight excluding hydrogens is 157 g/mol. The number of carbonyl (C=O) groups is 1. The Morgan fingerprint density at radius 2 is 2.42 bits per heavy atom. The van der Waals surface area contributed by atoms with Gasteiger partial charge in [0.1, 0.15) is 7.19 Å². The van der Waals surface area contributed by atoms with Crippen LogP contribution in [0.25, 0.3) is 10.9 Å². The number of aromatic amines is 1. The van der Waals surface area contributed by atoms with E-state index in [4.69, 9.17) is 1.37 Å². The normalized spacial score (nSPS) is 11.6. The molecule has 1 heterocycles. The molecule has 0 unspecified atom stereocenters. The van der Waals surface area contributed by atoms with Gasteiger partial charge in [-0.1, -0.05) is 0 Å². The molecule has 0 atom stereocenters. The van der Waals surface area contributed by atoms with Gasteiger partial charge in [-0.25, -0.2) is 4.39 Å². The second-order valence-corrected chi connectivity index (χ2v) is 2.49. The second kappa shape index (κ2) is 2.44. The van der Waals surface area contributed by atoms with Gasteiger partial charge in [0.15, 0.2) is 6.26 Å². The predicted molar refractivity (Wildman–Crippen MR) is 43.6 cm³/mol. The molecule has 0 saturated heterocycles. The molecule has 0 aliphatic rings. The van der Waals surface area contributed by atoms with Gasteiger partial charge in [0.2, 0.25) is 0 Å². The van der Waals surface area contributed by atoms with Crippen molar-refractivity contribution in [1.82, 2.24) is 4.98 Å². The zero-order chi connectivity index (χ0) is 9.42. The van der Waals surface area contributed by atoms with Gasteiger partial charge in [-0.2, -0.15) is 0 Å². The Labute approximate surface area is 69.4 Å². The molecule has 0 bridgehead atoms. The number of rotatable bonds is 1. The van der Waals surface area contributed by atoms with Crippen LogP contribution in [0.4, 0.5) is 4.39 Å². The smallest absolute Gasteiger partial charge is 0.152 e. The van der Waals surface area contributed by atoms with E-state index in [2.05, 4.69) is 4.98 Å². The number of aromatic nitrogens is 1. The highest BCUT2D eigenvalue weighted by Gasteiger charge is 2.02. The van der Waals surface area contributed by atoms with Gasteiger partial charge in [0.25, 0.3) is 0 Å². The summed E-state index contributed by atoms with van der Waals surface area (Å²) in [5.74, 6) is -0.408. The second-order valence-electron chi connectivity index (χ2n) is 2.49. The molecule has 0 spiro atoms. The maximum Gasteiger partial charge on any atom is 0.152 e. The molecule has 0 fully saturated rings. The van der Waals surface area contributed by atoms with E-state index in [-0.39, 0.29) is 5.56 Å². The van der Waals surface area contributed by atoms with Gasteiger partial charge in [-0.15, -0.1) is 0 Å². The number of benzene rings is 1. The summed E-state index contributed by atoms with van der Waals surface area (Å²) < 4.78 is 19.7. The molecule has 0 radical (unpaired) electrons. The lowest BCUT2D eigenvalue weighted by molar-refractivity contribution is 0.112. The van der Waals surface area contributed by atoms with Gasteiger partial charge in [-0.05, 0) is 18.2 Å². The Hall–Kier alpha value is -1.64. The highest BCUT2D eigenvalue weighted by molar-refractivity contribution is 5.97. The summed E-state index contributed by atoms with van der Waals surface area (Å²) in [5, 5.41) is 0.458. The lowest BCUT2D eigenvalue weighted by atomic mass is 10.2. The number of hydrogen-bond acceptors (Lipinski definition) is 1. The lowest BCUT2D eigenvalue weighted by Gasteiger charge is -1.89. The molecular formula is C9H6FNO. The van der Waals surface area contributed by atoms with Crippen LogP contribution in [0.5, 0.6) is 0 Å². The van der Waals surface area contributed by atoms with E-state index in [1.807, 2.05) is 0 Å². The molecule has 1 aromatic carbocycles. The van der Waals surface area contributed by atoms with Gasteiger partial charge in [0, 0.05) is 22.7 Å². The highest BCUT2D eigenvalue weighted by Crippen LogP contribution is 2.17. The van der Waals surface area contributed by atoms with Crippen LogP contribution in [-0.2, 0) is 0 Å². The van der Waals surface area contributed by atoms with Gasteiger partial charge in [-0.3, -0.25) is 4.79 Å². The van der Waals surface area contributed by atoms with Crippen LogP contribution in [0, 0.1) is 5.82 Å². The monoisotopic (exact) mass is 164 g/mol. The zero-order valence-corrected chi connectivity index (χ0v) is 6.10. The third-order valence-electron chi connectivity index (χ3n) is 1.75. The molecule has 2 nitrogen and oxygen atoms in total. The average molecular weight is 164 g/mol. The van der Waals surface area contributed by atoms with Crippen molar-refractivity contribution in [3.8, 4) is 0 Å². The number of halogens is 1. The van der Waals surface area contributed by atoms with Crippen molar-refractivity contribution in [2.75, 3.05) is 0 Å². The first-order valence-electron chi connectivity index (χ1n) is 3.96. The standard InChI is InChI=1S/C9H6FNO/c10-7-1-2-9-8(3-7)6(5-12)4-11-9/h1-5,11H/i5D. The van der Waals surface area contributed by atoms with E-state index in [0.29, 0.717) is 10.9 Å². The number of carbonyl (C=O) groups excluding carboxylic acids is 1. The maximum atomic E-state index is 12.8. The minimum Gasteiger partial charge on any atom is -0.360 e. The summed E-state index contributed by atoms with van der Waals surface area (Å²) in [6.45, 7) is 0. The summed E-state index contributed by atoms with van der Waals surface area (Å²) in [6, 6.07) is 4.09. The molecule has 0 amide bonds. The van der Waals surface area contributed by atoms with Crippen LogP contribution in [0.3, 0.4) is 0 Å². The van der Waals surface area contributed by atoms with E-state index in [1.165, 1.54) is 24.4 Å². The van der Waals surface area contributed by atoms with Crippen LogP contribution < -0.4 is 0 Å². The van der Waals surface area contributed by atoms with E-state index < -0.39 is 12.1 Å². The topological polar surface area (TPSA) is 32.9 Å². The van der Waals surface area contributed by atoms with Gasteiger partial charge < -0.3 is 4.98 Å². The number of aldehydes is 1. The minimum atomic E-state index is -0.808. The fraction of sp³-hybridized carbons (Fsp3) is 0. The quantitative estimate of drug-likeness (QED) is 0.643.